The van der Waals surface area contributed by atoms with Gasteiger partial charge in [0.2, 0.25) is 0 Å². The Morgan fingerprint density at radius 2 is 1.76 bits per heavy atom. The molecule has 0 aliphatic carbocycles. The van der Waals surface area contributed by atoms with Gasteiger partial charge in [0.1, 0.15) is 5.82 Å². The molecule has 1 aromatic heterocycles. The van der Waals surface area contributed by atoms with E-state index in [4.69, 9.17) is 0 Å². The van der Waals surface area contributed by atoms with E-state index < -0.39 is 0 Å². The van der Waals surface area contributed by atoms with Crippen molar-refractivity contribution in [1.82, 2.24) is 14.4 Å². The van der Waals surface area contributed by atoms with Crippen molar-refractivity contribution in [3.05, 3.63) is 52.6 Å². The summed E-state index contributed by atoms with van der Waals surface area (Å²) in [5.41, 5.74) is 3.94. The van der Waals surface area contributed by atoms with Crippen molar-refractivity contribution in [2.24, 2.45) is 0 Å². The number of benzene rings is 1. The van der Waals surface area contributed by atoms with Crippen molar-refractivity contribution >= 4 is 5.78 Å². The van der Waals surface area contributed by atoms with Crippen molar-refractivity contribution < 1.29 is 9.18 Å². The van der Waals surface area contributed by atoms with Crippen molar-refractivity contribution in [3.63, 3.8) is 0 Å². The number of piperazine rings is 1. The minimum absolute atomic E-state index is 0.136. The number of hydrogen-bond acceptors (Lipinski definition) is 3. The fourth-order valence-electron chi connectivity index (χ4n) is 3.46. The van der Waals surface area contributed by atoms with Crippen LogP contribution in [0, 0.1) is 26.6 Å². The van der Waals surface area contributed by atoms with E-state index in [0.717, 1.165) is 48.8 Å². The Morgan fingerprint density at radius 3 is 2.40 bits per heavy atom. The Balaban J connectivity index is 1.83. The first-order valence-corrected chi connectivity index (χ1v) is 8.76. The molecule has 1 aliphatic heterocycles. The van der Waals surface area contributed by atoms with Crippen LogP contribution in [0.3, 0.4) is 0 Å². The summed E-state index contributed by atoms with van der Waals surface area (Å²) in [5.74, 6) is -0.0909. The lowest BCUT2D eigenvalue weighted by Gasteiger charge is -2.31. The number of hydrogen-bond donors (Lipinski definition) is 0. The minimum Gasteiger partial charge on any atom is -0.318 e. The minimum atomic E-state index is -0.227. The number of aryl methyl sites for hydroxylation is 2. The Morgan fingerprint density at radius 1 is 1.08 bits per heavy atom. The van der Waals surface area contributed by atoms with Crippen LogP contribution in [-0.2, 0) is 0 Å². The molecule has 2 aromatic rings. The average Bonchev–Trinajstić information content (AvgIpc) is 2.87. The Labute approximate surface area is 148 Å². The van der Waals surface area contributed by atoms with Crippen molar-refractivity contribution in [2.75, 3.05) is 39.8 Å². The Hall–Kier alpha value is -1.98. The summed E-state index contributed by atoms with van der Waals surface area (Å²) in [5, 5.41) is 0. The summed E-state index contributed by atoms with van der Waals surface area (Å²) >= 11 is 0. The zero-order chi connectivity index (χ0) is 18.1. The van der Waals surface area contributed by atoms with Gasteiger partial charge in [-0.3, -0.25) is 9.69 Å². The molecule has 2 heterocycles. The second-order valence-electron chi connectivity index (χ2n) is 7.06. The zero-order valence-corrected chi connectivity index (χ0v) is 15.5. The summed E-state index contributed by atoms with van der Waals surface area (Å²) < 4.78 is 15.9. The van der Waals surface area contributed by atoms with Crippen LogP contribution in [0.5, 0.6) is 0 Å². The lowest BCUT2D eigenvalue weighted by molar-refractivity contribution is 0.0876. The molecule has 1 saturated heterocycles. The third-order valence-electron chi connectivity index (χ3n) is 5.11. The SMILES string of the molecule is Cc1ccc(-n2c(C)cc(C(=O)CN3CCN(C)CC3)c2C)cc1F. The number of Topliss-reactive ketones (excluding diaryl/α,β-unsaturated/α-hetero) is 1. The molecule has 0 radical (unpaired) electrons. The largest absolute Gasteiger partial charge is 0.318 e. The van der Waals surface area contributed by atoms with E-state index in [1.54, 1.807) is 13.0 Å². The molecule has 5 heteroatoms. The summed E-state index contributed by atoms with van der Waals surface area (Å²) in [6.45, 7) is 9.91. The fraction of sp³-hybridized carbons (Fsp3) is 0.450. The van der Waals surface area contributed by atoms with Crippen LogP contribution >= 0.6 is 0 Å². The number of aromatic nitrogens is 1. The van der Waals surface area contributed by atoms with Gasteiger partial charge < -0.3 is 9.47 Å². The van der Waals surface area contributed by atoms with E-state index >= 15 is 0 Å². The molecule has 1 fully saturated rings. The van der Waals surface area contributed by atoms with Crippen LogP contribution in [0.4, 0.5) is 4.39 Å². The van der Waals surface area contributed by atoms with Crippen molar-refractivity contribution in [3.8, 4) is 5.69 Å². The molecule has 3 rings (SSSR count). The van der Waals surface area contributed by atoms with Crippen LogP contribution in [0.2, 0.25) is 0 Å². The van der Waals surface area contributed by atoms with E-state index in [1.165, 1.54) is 6.07 Å². The summed E-state index contributed by atoms with van der Waals surface area (Å²) in [7, 11) is 2.10. The van der Waals surface area contributed by atoms with Crippen LogP contribution in [0.15, 0.2) is 24.3 Å². The topological polar surface area (TPSA) is 28.5 Å². The first-order chi connectivity index (χ1) is 11.9. The second-order valence-corrected chi connectivity index (χ2v) is 7.06. The molecule has 4 nitrogen and oxygen atoms in total. The number of rotatable bonds is 4. The summed E-state index contributed by atoms with van der Waals surface area (Å²) in [4.78, 5) is 17.3. The third kappa shape index (κ3) is 3.67. The number of carbonyl (C=O) groups excluding carboxylic acids is 1. The van der Waals surface area contributed by atoms with Crippen LogP contribution in [0.25, 0.3) is 5.69 Å². The van der Waals surface area contributed by atoms with E-state index in [1.807, 2.05) is 30.5 Å². The molecular weight excluding hydrogens is 317 g/mol. The van der Waals surface area contributed by atoms with Gasteiger partial charge >= 0.3 is 0 Å². The fourth-order valence-corrected chi connectivity index (χ4v) is 3.46. The number of ketones is 1. The Bertz CT molecular complexity index is 788. The van der Waals surface area contributed by atoms with Gasteiger partial charge in [0.25, 0.3) is 0 Å². The second kappa shape index (κ2) is 7.10. The predicted octanol–water partition coefficient (Wildman–Crippen LogP) is 2.97. The van der Waals surface area contributed by atoms with Crippen molar-refractivity contribution in [1.29, 1.82) is 0 Å². The highest BCUT2D eigenvalue weighted by Crippen LogP contribution is 2.23. The molecule has 0 amide bonds. The first-order valence-electron chi connectivity index (χ1n) is 8.76. The van der Waals surface area contributed by atoms with Gasteiger partial charge in [-0.05, 0) is 51.6 Å². The molecule has 134 valence electrons. The van der Waals surface area contributed by atoms with Gasteiger partial charge in [-0.2, -0.15) is 0 Å². The molecule has 0 bridgehead atoms. The van der Waals surface area contributed by atoms with Crippen molar-refractivity contribution in [2.45, 2.75) is 20.8 Å². The maximum atomic E-state index is 13.9. The van der Waals surface area contributed by atoms with Gasteiger partial charge in [-0.1, -0.05) is 6.07 Å². The van der Waals surface area contributed by atoms with E-state index in [0.29, 0.717) is 12.1 Å². The first kappa shape index (κ1) is 17.8. The monoisotopic (exact) mass is 343 g/mol. The summed E-state index contributed by atoms with van der Waals surface area (Å²) in [6.07, 6.45) is 0. The number of nitrogens with zero attached hydrogens (tertiary/aromatic N) is 3. The molecular formula is C20H26FN3O. The van der Waals surface area contributed by atoms with E-state index in [-0.39, 0.29) is 11.6 Å². The van der Waals surface area contributed by atoms with Gasteiger partial charge in [0.15, 0.2) is 5.78 Å². The lowest BCUT2D eigenvalue weighted by atomic mass is 10.1. The van der Waals surface area contributed by atoms with Crippen LogP contribution in [-0.4, -0.2) is 59.9 Å². The third-order valence-corrected chi connectivity index (χ3v) is 5.11. The molecule has 1 aromatic carbocycles. The highest BCUT2D eigenvalue weighted by Gasteiger charge is 2.21. The van der Waals surface area contributed by atoms with E-state index in [2.05, 4.69) is 16.8 Å². The standard InChI is InChI=1S/C20H26FN3O/c1-14-5-6-17(12-19(14)21)24-15(2)11-18(16(24)3)20(25)13-23-9-7-22(4)8-10-23/h5-6,11-12H,7-10,13H2,1-4H3. The highest BCUT2D eigenvalue weighted by molar-refractivity contribution is 5.99. The maximum Gasteiger partial charge on any atom is 0.178 e. The number of likely N-dealkylation sites (N-methyl/N-ethyl adjacent to an activating group) is 1. The van der Waals surface area contributed by atoms with Gasteiger partial charge in [0, 0.05) is 48.8 Å². The quantitative estimate of drug-likeness (QED) is 0.799. The average molecular weight is 343 g/mol. The van der Waals surface area contributed by atoms with Gasteiger partial charge in [0.05, 0.1) is 6.54 Å². The normalized spacial score (nSPS) is 16.4. The number of carbonyl (C=O) groups is 1. The molecule has 0 N–H and O–H groups in total. The molecule has 1 aliphatic rings. The van der Waals surface area contributed by atoms with Gasteiger partial charge in [-0.15, -0.1) is 0 Å². The zero-order valence-electron chi connectivity index (χ0n) is 15.5. The smallest absolute Gasteiger partial charge is 0.178 e. The summed E-state index contributed by atoms with van der Waals surface area (Å²) in [6, 6.07) is 7.12. The highest BCUT2D eigenvalue weighted by atomic mass is 19.1. The van der Waals surface area contributed by atoms with E-state index in [9.17, 15) is 9.18 Å². The molecule has 0 saturated carbocycles. The van der Waals surface area contributed by atoms with Crippen LogP contribution in [0.1, 0.15) is 27.3 Å². The predicted molar refractivity (Wildman–Crippen MR) is 98.2 cm³/mol. The molecule has 25 heavy (non-hydrogen) atoms. The van der Waals surface area contributed by atoms with Gasteiger partial charge in [-0.25, -0.2) is 4.39 Å². The maximum absolute atomic E-state index is 13.9. The van der Waals surface area contributed by atoms with Crippen LogP contribution < -0.4 is 0 Å². The molecule has 0 spiro atoms. The number of halogens is 1. The molecule has 0 atom stereocenters. The lowest BCUT2D eigenvalue weighted by Crippen LogP contribution is -2.46. The molecule has 0 unspecified atom stereocenters. The Kier molecular flexibility index (Phi) is 5.06.